The molecule has 2 N–H and O–H groups in total. The smallest absolute Gasteiger partial charge is 0.252 e. The number of hydrogen-bond donors (Lipinski definition) is 2. The third-order valence-corrected chi connectivity index (χ3v) is 7.27. The van der Waals surface area contributed by atoms with E-state index in [1.54, 1.807) is 48.5 Å². The number of nitrogens with zero attached hydrogens (tertiary/aromatic N) is 1. The summed E-state index contributed by atoms with van der Waals surface area (Å²) in [6, 6.07) is 13.3. The number of nitrogens with one attached hydrogen (secondary N) is 2. The van der Waals surface area contributed by atoms with Crippen LogP contribution in [0, 0.1) is 0 Å². The summed E-state index contributed by atoms with van der Waals surface area (Å²) in [5.41, 5.74) is 1.26. The van der Waals surface area contributed by atoms with E-state index in [4.69, 9.17) is 16.3 Å². The fraction of sp³-hybridized carbons (Fsp3) is 0.364. The number of carbonyl (C=O) groups is 2. The first-order chi connectivity index (χ1) is 15.4. The number of aryl methyl sites for hydroxylation is 1. The standard InChI is InChI=1S/C22H26ClN3O5S/c23-20-4-2-1-3-19(20)22(28)25-12-11-24-21(27)10-7-17-5-8-18(9-6-17)32(29,30)26-13-15-31-16-14-26/h1-6,8-9H,7,10-16H2,(H,24,27)(H,25,28). The molecule has 2 aromatic rings. The molecule has 1 aliphatic rings. The molecule has 2 aromatic carbocycles. The Hall–Kier alpha value is -2.46. The van der Waals surface area contributed by atoms with Gasteiger partial charge in [-0.3, -0.25) is 9.59 Å². The van der Waals surface area contributed by atoms with Gasteiger partial charge < -0.3 is 15.4 Å². The molecule has 0 atom stereocenters. The largest absolute Gasteiger partial charge is 0.379 e. The lowest BCUT2D eigenvalue weighted by Crippen LogP contribution is -2.40. The highest BCUT2D eigenvalue weighted by Gasteiger charge is 2.26. The van der Waals surface area contributed by atoms with Gasteiger partial charge >= 0.3 is 0 Å². The second kappa shape index (κ2) is 11.4. The Labute approximate surface area is 192 Å². The van der Waals surface area contributed by atoms with E-state index in [1.807, 2.05) is 0 Å². The molecular weight excluding hydrogens is 454 g/mol. The van der Waals surface area contributed by atoms with Gasteiger partial charge in [-0.25, -0.2) is 8.42 Å². The third-order valence-electron chi connectivity index (χ3n) is 5.02. The Morgan fingerprint density at radius 1 is 0.969 bits per heavy atom. The molecule has 0 unspecified atom stereocenters. The fourth-order valence-corrected chi connectivity index (χ4v) is 4.86. The molecule has 0 aliphatic carbocycles. The molecule has 3 rings (SSSR count). The van der Waals surface area contributed by atoms with Gasteiger partial charge in [-0.1, -0.05) is 35.9 Å². The average Bonchev–Trinajstić information content (AvgIpc) is 2.81. The summed E-state index contributed by atoms with van der Waals surface area (Å²) in [4.78, 5) is 24.4. The normalized spacial score (nSPS) is 14.7. The van der Waals surface area contributed by atoms with Gasteiger partial charge in [0.25, 0.3) is 5.91 Å². The van der Waals surface area contributed by atoms with Crippen LogP contribution < -0.4 is 10.6 Å². The minimum atomic E-state index is -3.52. The van der Waals surface area contributed by atoms with Crippen molar-refractivity contribution in [3.63, 3.8) is 0 Å². The first-order valence-corrected chi connectivity index (χ1v) is 12.2. The van der Waals surface area contributed by atoms with Gasteiger partial charge in [0, 0.05) is 32.6 Å². The third kappa shape index (κ3) is 6.52. The highest BCUT2D eigenvalue weighted by Crippen LogP contribution is 2.18. The lowest BCUT2D eigenvalue weighted by atomic mass is 10.1. The van der Waals surface area contributed by atoms with Crippen LogP contribution in [0.2, 0.25) is 5.02 Å². The topological polar surface area (TPSA) is 105 Å². The van der Waals surface area contributed by atoms with Gasteiger partial charge in [-0.05, 0) is 36.2 Å². The molecule has 8 nitrogen and oxygen atoms in total. The number of sulfonamides is 1. The van der Waals surface area contributed by atoms with Crippen LogP contribution >= 0.6 is 11.6 Å². The van der Waals surface area contributed by atoms with Crippen molar-refractivity contribution in [2.24, 2.45) is 0 Å². The first kappa shape index (κ1) is 24.2. The average molecular weight is 480 g/mol. The molecular formula is C22H26ClN3O5S. The number of ether oxygens (including phenoxy) is 1. The van der Waals surface area contributed by atoms with Crippen LogP contribution in [0.25, 0.3) is 0 Å². The summed E-state index contributed by atoms with van der Waals surface area (Å²) in [7, 11) is -3.52. The molecule has 0 aromatic heterocycles. The van der Waals surface area contributed by atoms with E-state index in [-0.39, 0.29) is 29.7 Å². The molecule has 0 spiro atoms. The van der Waals surface area contributed by atoms with Gasteiger partial charge in [-0.2, -0.15) is 4.31 Å². The lowest BCUT2D eigenvalue weighted by Gasteiger charge is -2.26. The Bertz CT molecular complexity index is 1040. The Kier molecular flexibility index (Phi) is 8.63. The highest BCUT2D eigenvalue weighted by molar-refractivity contribution is 7.89. The maximum absolute atomic E-state index is 12.6. The van der Waals surface area contributed by atoms with Crippen LogP contribution in [-0.4, -0.2) is 63.9 Å². The Morgan fingerprint density at radius 2 is 1.62 bits per heavy atom. The van der Waals surface area contributed by atoms with Crippen LogP contribution in [-0.2, 0) is 26.0 Å². The highest BCUT2D eigenvalue weighted by atomic mass is 35.5. The summed E-state index contributed by atoms with van der Waals surface area (Å²) in [6.07, 6.45) is 0.740. The van der Waals surface area contributed by atoms with Crippen molar-refractivity contribution in [2.45, 2.75) is 17.7 Å². The fourth-order valence-electron chi connectivity index (χ4n) is 3.23. The van der Waals surface area contributed by atoms with Gasteiger partial charge in [0.2, 0.25) is 15.9 Å². The monoisotopic (exact) mass is 479 g/mol. The van der Waals surface area contributed by atoms with Crippen molar-refractivity contribution in [1.29, 1.82) is 0 Å². The van der Waals surface area contributed by atoms with Crippen LogP contribution in [0.3, 0.4) is 0 Å². The van der Waals surface area contributed by atoms with Gasteiger partial charge in [0.05, 0.1) is 28.7 Å². The van der Waals surface area contributed by atoms with Crippen molar-refractivity contribution in [3.8, 4) is 0 Å². The van der Waals surface area contributed by atoms with Crippen LogP contribution in [0.4, 0.5) is 0 Å². The number of halogens is 1. The Balaban J connectivity index is 1.39. The van der Waals surface area contributed by atoms with Crippen LogP contribution in [0.1, 0.15) is 22.3 Å². The van der Waals surface area contributed by atoms with E-state index in [0.717, 1.165) is 5.56 Å². The SMILES string of the molecule is O=C(CCc1ccc(S(=O)(=O)N2CCOCC2)cc1)NCCNC(=O)c1ccccc1Cl. The number of carbonyl (C=O) groups excluding carboxylic acids is 2. The summed E-state index contributed by atoms with van der Waals surface area (Å²) in [5.74, 6) is -0.445. The summed E-state index contributed by atoms with van der Waals surface area (Å²) in [6.45, 7) is 2.08. The molecule has 10 heteroatoms. The summed E-state index contributed by atoms with van der Waals surface area (Å²) >= 11 is 5.98. The first-order valence-electron chi connectivity index (χ1n) is 10.3. The molecule has 1 fully saturated rings. The molecule has 172 valence electrons. The van der Waals surface area contributed by atoms with Crippen molar-refractivity contribution < 1.29 is 22.7 Å². The molecule has 32 heavy (non-hydrogen) atoms. The number of rotatable bonds is 9. The van der Waals surface area contributed by atoms with Crippen molar-refractivity contribution >= 4 is 33.4 Å². The number of hydrogen-bond acceptors (Lipinski definition) is 5. The second-order valence-corrected chi connectivity index (χ2v) is 9.59. The van der Waals surface area contributed by atoms with Crippen LogP contribution in [0.5, 0.6) is 0 Å². The van der Waals surface area contributed by atoms with Crippen LogP contribution in [0.15, 0.2) is 53.4 Å². The second-order valence-electron chi connectivity index (χ2n) is 7.25. The predicted octanol–water partition coefficient (Wildman–Crippen LogP) is 1.84. The van der Waals surface area contributed by atoms with Crippen molar-refractivity contribution in [2.75, 3.05) is 39.4 Å². The van der Waals surface area contributed by atoms with E-state index in [0.29, 0.717) is 49.9 Å². The summed E-state index contributed by atoms with van der Waals surface area (Å²) in [5, 5.41) is 5.83. The maximum atomic E-state index is 12.6. The zero-order chi connectivity index (χ0) is 23.0. The van der Waals surface area contributed by atoms with E-state index >= 15 is 0 Å². The van der Waals surface area contributed by atoms with Crippen molar-refractivity contribution in [3.05, 3.63) is 64.7 Å². The number of benzene rings is 2. The molecule has 0 bridgehead atoms. The quantitative estimate of drug-likeness (QED) is 0.534. The molecule has 0 radical (unpaired) electrons. The van der Waals surface area contributed by atoms with Crippen molar-refractivity contribution in [1.82, 2.24) is 14.9 Å². The molecule has 1 heterocycles. The van der Waals surface area contributed by atoms with Gasteiger partial charge in [0.1, 0.15) is 0 Å². The molecule has 0 saturated carbocycles. The molecule has 1 aliphatic heterocycles. The van der Waals surface area contributed by atoms with Gasteiger partial charge in [0.15, 0.2) is 0 Å². The zero-order valence-corrected chi connectivity index (χ0v) is 19.1. The minimum absolute atomic E-state index is 0.151. The van der Waals surface area contributed by atoms with E-state index in [1.165, 1.54) is 4.31 Å². The maximum Gasteiger partial charge on any atom is 0.252 e. The molecule has 2 amide bonds. The van der Waals surface area contributed by atoms with Gasteiger partial charge in [-0.15, -0.1) is 0 Å². The van der Waals surface area contributed by atoms with E-state index in [2.05, 4.69) is 10.6 Å². The molecule has 1 saturated heterocycles. The number of morpholine rings is 1. The predicted molar refractivity (Wildman–Crippen MR) is 121 cm³/mol. The minimum Gasteiger partial charge on any atom is -0.379 e. The lowest BCUT2D eigenvalue weighted by molar-refractivity contribution is -0.121. The Morgan fingerprint density at radius 3 is 2.31 bits per heavy atom. The van der Waals surface area contributed by atoms with E-state index in [9.17, 15) is 18.0 Å². The van der Waals surface area contributed by atoms with E-state index < -0.39 is 10.0 Å². The summed E-state index contributed by atoms with van der Waals surface area (Å²) < 4.78 is 31.9. The number of amides is 2. The zero-order valence-electron chi connectivity index (χ0n) is 17.6.